The maximum absolute atomic E-state index is 10.5. The average Bonchev–Trinajstić information content (AvgIpc) is 2.40. The van der Waals surface area contributed by atoms with Gasteiger partial charge in [-0.1, -0.05) is 35.9 Å². The average molecular weight is 275 g/mol. The largest absolute Gasteiger partial charge is 0.294 e. The lowest BCUT2D eigenvalue weighted by Crippen LogP contribution is -1.96. The third-order valence-corrected chi connectivity index (χ3v) is 3.09. The predicted octanol–water partition coefficient (Wildman–Crippen LogP) is 2.80. The van der Waals surface area contributed by atoms with Crippen LogP contribution in [0, 0.1) is 18.3 Å². The Bertz CT molecular complexity index is 656. The Kier molecular flexibility index (Phi) is 5.24. The smallest absolute Gasteiger partial charge is 0.282 e. The normalized spacial score (nSPS) is 9.95. The van der Waals surface area contributed by atoms with Gasteiger partial charge in [0, 0.05) is 0 Å². The van der Waals surface area contributed by atoms with Gasteiger partial charge in [-0.3, -0.25) is 4.55 Å². The molecule has 0 saturated heterocycles. The Balaban J connectivity index is 0.000000200. The molecular weight excluding hydrogens is 262 g/mol. The summed E-state index contributed by atoms with van der Waals surface area (Å²) in [6.07, 6.45) is 0. The summed E-state index contributed by atoms with van der Waals surface area (Å²) in [7, 11) is -4.02. The first kappa shape index (κ1) is 14.9. The van der Waals surface area contributed by atoms with Crippen LogP contribution in [0.1, 0.15) is 11.1 Å². The van der Waals surface area contributed by atoms with Crippen molar-refractivity contribution in [2.24, 2.45) is 0 Å². The topological polar surface area (TPSA) is 78.2 Å². The van der Waals surface area contributed by atoms with Gasteiger partial charge in [-0.15, -0.1) is 0 Å². The van der Waals surface area contributed by atoms with Gasteiger partial charge in [0.1, 0.15) is 0 Å². The Morgan fingerprint density at radius 3 is 1.89 bits per heavy atom. The summed E-state index contributed by atoms with van der Waals surface area (Å²) in [5.74, 6) is 0. The molecular formula is C14H13NO3S. The van der Waals surface area contributed by atoms with Crippen molar-refractivity contribution in [1.29, 1.82) is 5.26 Å². The second-order valence-corrected chi connectivity index (χ2v) is 5.19. The Morgan fingerprint density at radius 2 is 1.53 bits per heavy atom. The highest BCUT2D eigenvalue weighted by molar-refractivity contribution is 7.85. The van der Waals surface area contributed by atoms with Crippen molar-refractivity contribution in [3.8, 4) is 6.07 Å². The van der Waals surface area contributed by atoms with Crippen molar-refractivity contribution in [3.05, 3.63) is 65.7 Å². The Morgan fingerprint density at radius 1 is 1.00 bits per heavy atom. The maximum Gasteiger partial charge on any atom is 0.294 e. The number of benzene rings is 2. The van der Waals surface area contributed by atoms with E-state index in [0.717, 1.165) is 5.56 Å². The zero-order valence-electron chi connectivity index (χ0n) is 10.3. The van der Waals surface area contributed by atoms with Crippen LogP contribution in [0.15, 0.2) is 59.5 Å². The number of nitriles is 1. The highest BCUT2D eigenvalue weighted by Crippen LogP contribution is 2.08. The van der Waals surface area contributed by atoms with Gasteiger partial charge in [0.05, 0.1) is 16.5 Å². The van der Waals surface area contributed by atoms with Crippen LogP contribution in [0.5, 0.6) is 0 Å². The minimum Gasteiger partial charge on any atom is -0.282 e. The van der Waals surface area contributed by atoms with Crippen molar-refractivity contribution in [1.82, 2.24) is 0 Å². The van der Waals surface area contributed by atoms with Crippen LogP contribution in [0.4, 0.5) is 0 Å². The van der Waals surface area contributed by atoms with Gasteiger partial charge in [-0.25, -0.2) is 0 Å². The minimum atomic E-state index is -4.02. The summed E-state index contributed by atoms with van der Waals surface area (Å²) in [5.41, 5.74) is 1.67. The molecule has 0 heterocycles. The third-order valence-electron chi connectivity index (χ3n) is 2.22. The van der Waals surface area contributed by atoms with E-state index >= 15 is 0 Å². The molecule has 0 atom stereocenters. The fourth-order valence-corrected chi connectivity index (χ4v) is 1.70. The van der Waals surface area contributed by atoms with E-state index < -0.39 is 10.1 Å². The van der Waals surface area contributed by atoms with Crippen LogP contribution in [0.3, 0.4) is 0 Å². The first-order chi connectivity index (χ1) is 8.93. The van der Waals surface area contributed by atoms with E-state index in [-0.39, 0.29) is 4.90 Å². The lowest BCUT2D eigenvalue weighted by molar-refractivity contribution is 0.483. The molecule has 0 bridgehead atoms. The molecule has 0 aliphatic heterocycles. The highest BCUT2D eigenvalue weighted by Gasteiger charge is 2.06. The summed E-state index contributed by atoms with van der Waals surface area (Å²) in [6.45, 7) is 1.84. The molecule has 2 rings (SSSR count). The molecule has 0 unspecified atom stereocenters. The second kappa shape index (κ2) is 6.69. The van der Waals surface area contributed by atoms with Gasteiger partial charge >= 0.3 is 0 Å². The molecule has 0 fully saturated rings. The van der Waals surface area contributed by atoms with Crippen LogP contribution < -0.4 is 0 Å². The monoisotopic (exact) mass is 275 g/mol. The first-order valence-corrected chi connectivity index (χ1v) is 6.87. The van der Waals surface area contributed by atoms with Crippen LogP contribution in [-0.2, 0) is 10.1 Å². The molecule has 0 radical (unpaired) electrons. The van der Waals surface area contributed by atoms with Gasteiger partial charge in [-0.2, -0.15) is 13.7 Å². The summed E-state index contributed by atoms with van der Waals surface area (Å²) < 4.78 is 29.6. The predicted molar refractivity (Wildman–Crippen MR) is 72.2 cm³/mol. The zero-order valence-corrected chi connectivity index (χ0v) is 11.1. The minimum absolute atomic E-state index is 0.0666. The van der Waals surface area contributed by atoms with Crippen LogP contribution in [0.25, 0.3) is 0 Å². The number of rotatable bonds is 1. The van der Waals surface area contributed by atoms with Crippen LogP contribution >= 0.6 is 0 Å². The van der Waals surface area contributed by atoms with Gasteiger partial charge in [-0.05, 0) is 31.2 Å². The molecule has 0 saturated carbocycles. The van der Waals surface area contributed by atoms with E-state index in [1.807, 2.05) is 31.2 Å². The summed E-state index contributed by atoms with van der Waals surface area (Å²) in [6, 6.07) is 17.2. The summed E-state index contributed by atoms with van der Waals surface area (Å²) in [5, 5.41) is 8.29. The molecule has 2 aromatic rings. The van der Waals surface area contributed by atoms with Gasteiger partial charge in [0.25, 0.3) is 10.1 Å². The third kappa shape index (κ3) is 5.34. The highest BCUT2D eigenvalue weighted by atomic mass is 32.2. The van der Waals surface area contributed by atoms with Gasteiger partial charge in [0.15, 0.2) is 0 Å². The van der Waals surface area contributed by atoms with Crippen molar-refractivity contribution in [2.75, 3.05) is 0 Å². The van der Waals surface area contributed by atoms with Crippen LogP contribution in [0.2, 0.25) is 0 Å². The number of nitrogens with zero attached hydrogens (tertiary/aromatic N) is 1. The Hall–Kier alpha value is -2.16. The molecule has 1 N–H and O–H groups in total. The molecule has 0 spiro atoms. The standard InChI is InChI=1S/C7H5N.C7H8O3S/c8-6-7-4-2-1-3-5-7;1-6-2-4-7(5-3-6)11(8,9)10/h1-5H;2-5H,1H3,(H,8,9,10). The van der Waals surface area contributed by atoms with E-state index in [9.17, 15) is 8.42 Å². The molecule has 5 heteroatoms. The fraction of sp³-hybridized carbons (Fsp3) is 0.0714. The molecule has 0 aliphatic carbocycles. The molecule has 0 aromatic heterocycles. The SMILES string of the molecule is Cc1ccc(S(=O)(=O)O)cc1.N#Cc1ccccc1. The summed E-state index contributed by atoms with van der Waals surface area (Å²) in [4.78, 5) is -0.0666. The van der Waals surface area contributed by atoms with E-state index in [1.54, 1.807) is 24.3 Å². The fourth-order valence-electron chi connectivity index (χ4n) is 1.22. The van der Waals surface area contributed by atoms with Crippen molar-refractivity contribution in [3.63, 3.8) is 0 Å². The molecule has 19 heavy (non-hydrogen) atoms. The second-order valence-electron chi connectivity index (χ2n) is 3.77. The number of aryl methyl sites for hydroxylation is 1. The molecule has 4 nitrogen and oxygen atoms in total. The molecule has 0 amide bonds. The molecule has 2 aromatic carbocycles. The van der Waals surface area contributed by atoms with Gasteiger partial charge < -0.3 is 0 Å². The van der Waals surface area contributed by atoms with E-state index in [4.69, 9.17) is 9.81 Å². The quantitative estimate of drug-likeness (QED) is 0.812. The van der Waals surface area contributed by atoms with Crippen molar-refractivity contribution < 1.29 is 13.0 Å². The zero-order chi connectivity index (χ0) is 14.3. The lowest BCUT2D eigenvalue weighted by Gasteiger charge is -1.95. The van der Waals surface area contributed by atoms with Crippen LogP contribution in [-0.4, -0.2) is 13.0 Å². The van der Waals surface area contributed by atoms with E-state index in [1.165, 1.54) is 12.1 Å². The molecule has 98 valence electrons. The first-order valence-electron chi connectivity index (χ1n) is 5.43. The summed E-state index contributed by atoms with van der Waals surface area (Å²) >= 11 is 0. The van der Waals surface area contributed by atoms with Gasteiger partial charge in [0.2, 0.25) is 0 Å². The lowest BCUT2D eigenvalue weighted by atomic mass is 10.2. The molecule has 0 aliphatic rings. The van der Waals surface area contributed by atoms with E-state index in [2.05, 4.69) is 0 Å². The Labute approximate surface area is 112 Å². The number of hydrogen-bond acceptors (Lipinski definition) is 3. The number of hydrogen-bond donors (Lipinski definition) is 1. The van der Waals surface area contributed by atoms with Crippen molar-refractivity contribution >= 4 is 10.1 Å². The van der Waals surface area contributed by atoms with E-state index in [0.29, 0.717) is 5.56 Å². The van der Waals surface area contributed by atoms with Crippen molar-refractivity contribution in [2.45, 2.75) is 11.8 Å². The maximum atomic E-state index is 10.5.